The van der Waals surface area contributed by atoms with E-state index in [1.165, 1.54) is 0 Å². The Kier molecular flexibility index (Phi) is 6.63. The minimum absolute atomic E-state index is 0.160. The lowest BCUT2D eigenvalue weighted by Gasteiger charge is -2.11. The molecule has 7 nitrogen and oxygen atoms in total. The van der Waals surface area contributed by atoms with Gasteiger partial charge < -0.3 is 5.32 Å². The predicted molar refractivity (Wildman–Crippen MR) is 111 cm³/mol. The normalized spacial score (nSPS) is 11.6. The fraction of sp³-hybridized carbons (Fsp3) is 0.238. The summed E-state index contributed by atoms with van der Waals surface area (Å²) in [5, 5.41) is 6.91. The maximum Gasteiger partial charge on any atom is 0.254 e. The van der Waals surface area contributed by atoms with Crippen molar-refractivity contribution in [3.05, 3.63) is 77.9 Å². The van der Waals surface area contributed by atoms with Gasteiger partial charge in [-0.25, -0.2) is 22.2 Å². The van der Waals surface area contributed by atoms with Crippen LogP contribution in [0.15, 0.2) is 65.8 Å². The number of carbonyl (C=O) groups is 1. The van der Waals surface area contributed by atoms with Crippen LogP contribution in [0.5, 0.6) is 0 Å². The van der Waals surface area contributed by atoms with Gasteiger partial charge in [0.25, 0.3) is 5.91 Å². The molecule has 0 aliphatic rings. The molecule has 158 valence electrons. The molecule has 0 fully saturated rings. The number of halogens is 1. The Balaban J connectivity index is 1.64. The summed E-state index contributed by atoms with van der Waals surface area (Å²) < 4.78 is 42.8. The number of carbonyl (C=O) groups excluding carboxylic acids is 1. The van der Waals surface area contributed by atoms with Crippen molar-refractivity contribution in [2.45, 2.75) is 31.2 Å². The molecule has 1 aromatic heterocycles. The van der Waals surface area contributed by atoms with Gasteiger partial charge in [-0.05, 0) is 56.2 Å². The molecular weight excluding hydrogens is 407 g/mol. The second-order valence-corrected chi connectivity index (χ2v) is 8.77. The van der Waals surface area contributed by atoms with Crippen molar-refractivity contribution in [1.29, 1.82) is 0 Å². The number of nitrogens with one attached hydrogen (secondary N) is 2. The number of nitrogens with zero attached hydrogens (tertiary/aromatic N) is 2. The van der Waals surface area contributed by atoms with E-state index in [1.54, 1.807) is 24.7 Å². The van der Waals surface area contributed by atoms with Gasteiger partial charge in [-0.15, -0.1) is 0 Å². The molecule has 0 radical (unpaired) electrons. The lowest BCUT2D eigenvalue weighted by Crippen LogP contribution is -2.31. The summed E-state index contributed by atoms with van der Waals surface area (Å²) in [4.78, 5) is 12.2. The Labute approximate surface area is 175 Å². The molecule has 2 aromatic carbocycles. The second kappa shape index (κ2) is 9.19. The van der Waals surface area contributed by atoms with Crippen LogP contribution in [0.25, 0.3) is 5.69 Å². The van der Waals surface area contributed by atoms with E-state index >= 15 is 0 Å². The van der Waals surface area contributed by atoms with Crippen LogP contribution in [0.4, 0.5) is 4.39 Å². The third-order valence-corrected chi connectivity index (χ3v) is 5.90. The van der Waals surface area contributed by atoms with E-state index in [1.807, 2.05) is 36.5 Å². The highest BCUT2D eigenvalue weighted by molar-refractivity contribution is 7.89. The fourth-order valence-electron chi connectivity index (χ4n) is 2.85. The zero-order chi connectivity index (χ0) is 21.7. The molecule has 2 N–H and O–H groups in total. The third kappa shape index (κ3) is 5.31. The Morgan fingerprint density at radius 2 is 1.90 bits per heavy atom. The first kappa shape index (κ1) is 21.7. The van der Waals surface area contributed by atoms with E-state index in [-0.39, 0.29) is 23.0 Å². The summed E-state index contributed by atoms with van der Waals surface area (Å²) >= 11 is 0. The molecular formula is C21H23FN4O3S. The van der Waals surface area contributed by atoms with Crippen LogP contribution in [0.3, 0.4) is 0 Å². The smallest absolute Gasteiger partial charge is 0.254 e. The minimum atomic E-state index is -3.83. The molecule has 0 bridgehead atoms. The highest BCUT2D eigenvalue weighted by atomic mass is 32.2. The highest BCUT2D eigenvalue weighted by Crippen LogP contribution is 2.16. The van der Waals surface area contributed by atoms with Gasteiger partial charge in [0.05, 0.1) is 22.3 Å². The van der Waals surface area contributed by atoms with Crippen LogP contribution in [-0.2, 0) is 16.4 Å². The summed E-state index contributed by atoms with van der Waals surface area (Å²) in [6, 6.07) is 12.4. The monoisotopic (exact) mass is 430 g/mol. The lowest BCUT2D eigenvalue weighted by molar-refractivity contribution is 0.0950. The van der Waals surface area contributed by atoms with E-state index in [0.717, 1.165) is 29.4 Å². The van der Waals surface area contributed by atoms with E-state index < -0.39 is 21.7 Å². The number of aromatic nitrogens is 2. The first-order valence-electron chi connectivity index (χ1n) is 9.45. The number of hydrogen-bond donors (Lipinski definition) is 2. The van der Waals surface area contributed by atoms with Gasteiger partial charge >= 0.3 is 0 Å². The van der Waals surface area contributed by atoms with Crippen molar-refractivity contribution in [3.8, 4) is 5.69 Å². The van der Waals surface area contributed by atoms with Crippen LogP contribution in [0.2, 0.25) is 0 Å². The Morgan fingerprint density at radius 1 is 1.17 bits per heavy atom. The number of amides is 1. The quantitative estimate of drug-likeness (QED) is 0.575. The van der Waals surface area contributed by atoms with Crippen molar-refractivity contribution >= 4 is 15.9 Å². The van der Waals surface area contributed by atoms with Gasteiger partial charge in [0.15, 0.2) is 0 Å². The summed E-state index contributed by atoms with van der Waals surface area (Å²) in [5.41, 5.74) is 1.50. The molecule has 30 heavy (non-hydrogen) atoms. The second-order valence-electron chi connectivity index (χ2n) is 7.05. The molecule has 0 spiro atoms. The molecule has 0 atom stereocenters. The molecule has 0 aliphatic carbocycles. The number of para-hydroxylation sites is 1. The van der Waals surface area contributed by atoms with Gasteiger partial charge in [0, 0.05) is 18.8 Å². The first-order valence-corrected chi connectivity index (χ1v) is 10.9. The summed E-state index contributed by atoms with van der Waals surface area (Å²) in [6.07, 6.45) is 4.05. The highest BCUT2D eigenvalue weighted by Gasteiger charge is 2.20. The van der Waals surface area contributed by atoms with Crippen LogP contribution in [0.1, 0.15) is 29.8 Å². The average molecular weight is 431 g/mol. The predicted octanol–water partition coefficient (Wildman–Crippen LogP) is 2.67. The SMILES string of the molecule is CC(C)NS(=O)(=O)c1ccc(F)c(C(=O)NCCc2cnn(-c3ccccc3)c2)c1. The average Bonchev–Trinajstić information content (AvgIpc) is 3.16. The van der Waals surface area contributed by atoms with Crippen LogP contribution in [0, 0.1) is 5.82 Å². The van der Waals surface area contributed by atoms with Crippen molar-refractivity contribution in [2.75, 3.05) is 6.54 Å². The molecule has 3 rings (SSSR count). The molecule has 1 amide bonds. The standard InChI is InChI=1S/C21H23FN4O3S/c1-15(2)25-30(28,29)18-8-9-20(22)19(12-18)21(27)23-11-10-16-13-24-26(14-16)17-6-4-3-5-7-17/h3-9,12-15,25H,10-11H2,1-2H3,(H,23,27). The lowest BCUT2D eigenvalue weighted by atomic mass is 10.2. The maximum atomic E-state index is 14.1. The number of benzene rings is 2. The maximum absolute atomic E-state index is 14.1. The van der Waals surface area contributed by atoms with Crippen LogP contribution < -0.4 is 10.0 Å². The first-order chi connectivity index (χ1) is 14.3. The van der Waals surface area contributed by atoms with Crippen molar-refractivity contribution in [1.82, 2.24) is 19.8 Å². The summed E-state index contributed by atoms with van der Waals surface area (Å²) in [6.45, 7) is 3.60. The third-order valence-electron chi connectivity index (χ3n) is 4.24. The number of sulfonamides is 1. The molecule has 0 aliphatic heterocycles. The van der Waals surface area contributed by atoms with Crippen LogP contribution >= 0.6 is 0 Å². The van der Waals surface area contributed by atoms with Crippen molar-refractivity contribution in [2.24, 2.45) is 0 Å². The fourth-order valence-corrected chi connectivity index (χ4v) is 4.13. The largest absolute Gasteiger partial charge is 0.352 e. The van der Waals surface area contributed by atoms with Gasteiger partial charge in [-0.1, -0.05) is 18.2 Å². The Bertz CT molecular complexity index is 1130. The summed E-state index contributed by atoms with van der Waals surface area (Å²) in [7, 11) is -3.83. The molecule has 3 aromatic rings. The van der Waals surface area contributed by atoms with E-state index in [4.69, 9.17) is 0 Å². The molecule has 9 heteroatoms. The zero-order valence-corrected chi connectivity index (χ0v) is 17.5. The van der Waals surface area contributed by atoms with Crippen molar-refractivity contribution < 1.29 is 17.6 Å². The molecule has 0 unspecified atom stereocenters. The molecule has 0 saturated carbocycles. The van der Waals surface area contributed by atoms with Gasteiger partial charge in [-0.3, -0.25) is 4.79 Å². The van der Waals surface area contributed by atoms with Crippen LogP contribution in [-0.4, -0.2) is 36.7 Å². The van der Waals surface area contributed by atoms with E-state index in [2.05, 4.69) is 15.1 Å². The topological polar surface area (TPSA) is 93.1 Å². The Hall–Kier alpha value is -3.04. The molecule has 1 heterocycles. The minimum Gasteiger partial charge on any atom is -0.352 e. The number of hydrogen-bond acceptors (Lipinski definition) is 4. The van der Waals surface area contributed by atoms with E-state index in [9.17, 15) is 17.6 Å². The Morgan fingerprint density at radius 3 is 2.60 bits per heavy atom. The van der Waals surface area contributed by atoms with Gasteiger partial charge in [0.2, 0.25) is 10.0 Å². The van der Waals surface area contributed by atoms with Gasteiger partial charge in [0.1, 0.15) is 5.82 Å². The number of rotatable bonds is 8. The van der Waals surface area contributed by atoms with Gasteiger partial charge in [-0.2, -0.15) is 5.10 Å². The van der Waals surface area contributed by atoms with Crippen molar-refractivity contribution in [3.63, 3.8) is 0 Å². The summed E-state index contributed by atoms with van der Waals surface area (Å²) in [5.74, 6) is -1.46. The molecule has 0 saturated heterocycles. The zero-order valence-electron chi connectivity index (χ0n) is 16.7. The van der Waals surface area contributed by atoms with E-state index in [0.29, 0.717) is 6.42 Å².